The minimum Gasteiger partial charge on any atom is -0.481 e. The molecule has 0 heterocycles. The zero-order chi connectivity index (χ0) is 15.5. The second-order valence-electron chi connectivity index (χ2n) is 6.19. The third kappa shape index (κ3) is 3.86. The van der Waals surface area contributed by atoms with Gasteiger partial charge in [0.05, 0.1) is 6.42 Å². The lowest BCUT2D eigenvalue weighted by Gasteiger charge is -2.47. The third-order valence-corrected chi connectivity index (χ3v) is 5.47. The van der Waals surface area contributed by atoms with E-state index in [0.29, 0.717) is 0 Å². The highest BCUT2D eigenvalue weighted by Gasteiger charge is 2.40. The van der Waals surface area contributed by atoms with Crippen molar-refractivity contribution in [2.24, 2.45) is 0 Å². The molecule has 0 aromatic heterocycles. The van der Waals surface area contributed by atoms with Crippen LogP contribution in [0.25, 0.3) is 0 Å². The van der Waals surface area contributed by atoms with E-state index in [9.17, 15) is 9.90 Å². The van der Waals surface area contributed by atoms with E-state index < -0.39 is 5.97 Å². The molecule has 0 radical (unpaired) electrons. The number of aliphatic carboxylic acids is 1. The van der Waals surface area contributed by atoms with Gasteiger partial charge in [0.1, 0.15) is 0 Å². The van der Waals surface area contributed by atoms with Crippen molar-refractivity contribution >= 4 is 21.9 Å². The Morgan fingerprint density at radius 3 is 2.38 bits per heavy atom. The molecular formula is C17H24BrNO2. The first-order valence-corrected chi connectivity index (χ1v) is 8.44. The Kier molecular flexibility index (Phi) is 5.44. The maximum atomic E-state index is 11.3. The quantitative estimate of drug-likeness (QED) is 0.839. The second-order valence-corrected chi connectivity index (χ2v) is 7.11. The number of rotatable bonds is 5. The van der Waals surface area contributed by atoms with Gasteiger partial charge >= 0.3 is 5.97 Å². The van der Waals surface area contributed by atoms with Gasteiger partial charge in [0.15, 0.2) is 0 Å². The normalized spacial score (nSPS) is 19.4. The minimum atomic E-state index is -0.688. The number of benzene rings is 1. The first-order chi connectivity index (χ1) is 9.94. The van der Waals surface area contributed by atoms with Gasteiger partial charge in [-0.05, 0) is 44.5 Å². The molecule has 0 aliphatic heterocycles. The zero-order valence-corrected chi connectivity index (χ0v) is 14.4. The van der Waals surface area contributed by atoms with E-state index in [1.54, 1.807) is 0 Å². The first kappa shape index (κ1) is 16.5. The average Bonchev–Trinajstić information content (AvgIpc) is 2.47. The molecule has 3 nitrogen and oxygen atoms in total. The van der Waals surface area contributed by atoms with Crippen LogP contribution in [0.4, 0.5) is 0 Å². The van der Waals surface area contributed by atoms with Crippen LogP contribution in [-0.4, -0.2) is 28.6 Å². The van der Waals surface area contributed by atoms with Gasteiger partial charge in [0, 0.05) is 16.1 Å². The predicted octanol–water partition coefficient (Wildman–Crippen LogP) is 4.62. The van der Waals surface area contributed by atoms with Crippen molar-refractivity contribution in [1.82, 2.24) is 4.90 Å². The summed E-state index contributed by atoms with van der Waals surface area (Å²) < 4.78 is 1.07. The molecule has 1 N–H and O–H groups in total. The van der Waals surface area contributed by atoms with Crippen LogP contribution in [0.3, 0.4) is 0 Å². The topological polar surface area (TPSA) is 40.5 Å². The highest BCUT2D eigenvalue weighted by molar-refractivity contribution is 9.10. The Morgan fingerprint density at radius 1 is 1.29 bits per heavy atom. The van der Waals surface area contributed by atoms with Gasteiger partial charge < -0.3 is 5.11 Å². The highest BCUT2D eigenvalue weighted by atomic mass is 79.9. The molecule has 0 spiro atoms. The summed E-state index contributed by atoms with van der Waals surface area (Å²) in [6.07, 6.45) is 5.69. The molecule has 1 aliphatic rings. The summed E-state index contributed by atoms with van der Waals surface area (Å²) in [7, 11) is 2.08. The Labute approximate surface area is 135 Å². The van der Waals surface area contributed by atoms with Crippen molar-refractivity contribution < 1.29 is 9.90 Å². The van der Waals surface area contributed by atoms with Crippen molar-refractivity contribution in [2.75, 3.05) is 7.05 Å². The summed E-state index contributed by atoms with van der Waals surface area (Å²) >= 11 is 3.46. The van der Waals surface area contributed by atoms with E-state index in [4.69, 9.17) is 0 Å². The lowest BCUT2D eigenvalue weighted by molar-refractivity contribution is -0.141. The van der Waals surface area contributed by atoms with E-state index in [-0.39, 0.29) is 18.0 Å². The van der Waals surface area contributed by atoms with Crippen LogP contribution in [0.15, 0.2) is 28.7 Å². The SMILES string of the molecule is CC(c1ccc(Br)cc1)N(C)C1(CC(=O)O)CCCCC1. The van der Waals surface area contributed by atoms with E-state index in [0.717, 1.165) is 30.2 Å². The molecule has 116 valence electrons. The summed E-state index contributed by atoms with van der Waals surface area (Å²) in [4.78, 5) is 13.6. The molecule has 1 unspecified atom stereocenters. The summed E-state index contributed by atoms with van der Waals surface area (Å²) in [6.45, 7) is 2.17. The molecule has 1 saturated carbocycles. The molecule has 0 amide bonds. The second kappa shape index (κ2) is 6.93. The fourth-order valence-electron chi connectivity index (χ4n) is 3.52. The van der Waals surface area contributed by atoms with Gasteiger partial charge in [-0.15, -0.1) is 0 Å². The minimum absolute atomic E-state index is 0.198. The first-order valence-electron chi connectivity index (χ1n) is 7.65. The monoisotopic (exact) mass is 353 g/mol. The van der Waals surface area contributed by atoms with Crippen molar-refractivity contribution in [3.63, 3.8) is 0 Å². The molecular weight excluding hydrogens is 330 g/mol. The van der Waals surface area contributed by atoms with Crippen LogP contribution in [-0.2, 0) is 4.79 Å². The van der Waals surface area contributed by atoms with E-state index in [2.05, 4.69) is 46.9 Å². The average molecular weight is 354 g/mol. The number of carboxylic acids is 1. The Hall–Kier alpha value is -0.870. The van der Waals surface area contributed by atoms with Gasteiger partial charge in [0.25, 0.3) is 0 Å². The summed E-state index contributed by atoms with van der Waals surface area (Å²) in [6, 6.07) is 8.54. The summed E-state index contributed by atoms with van der Waals surface area (Å²) in [5.74, 6) is -0.688. The Balaban J connectivity index is 2.22. The van der Waals surface area contributed by atoms with Crippen LogP contribution in [0, 0.1) is 0 Å². The van der Waals surface area contributed by atoms with Gasteiger partial charge in [-0.3, -0.25) is 9.69 Å². The molecule has 0 bridgehead atoms. The molecule has 21 heavy (non-hydrogen) atoms. The van der Waals surface area contributed by atoms with Crippen LogP contribution in [0.1, 0.15) is 57.1 Å². The molecule has 1 fully saturated rings. The Morgan fingerprint density at radius 2 is 1.86 bits per heavy atom. The number of carboxylic acid groups (broad SMARTS) is 1. The summed E-state index contributed by atoms with van der Waals surface area (Å²) in [5.41, 5.74) is 1.03. The molecule has 1 aromatic rings. The molecule has 2 rings (SSSR count). The van der Waals surface area contributed by atoms with Crippen molar-refractivity contribution in [3.8, 4) is 0 Å². The summed E-state index contributed by atoms with van der Waals surface area (Å²) in [5, 5.41) is 9.34. The fourth-order valence-corrected chi connectivity index (χ4v) is 3.79. The highest BCUT2D eigenvalue weighted by Crippen LogP contribution is 2.40. The van der Waals surface area contributed by atoms with E-state index >= 15 is 0 Å². The molecule has 0 saturated heterocycles. The number of nitrogens with zero attached hydrogens (tertiary/aromatic N) is 1. The van der Waals surface area contributed by atoms with Gasteiger partial charge in [0.2, 0.25) is 0 Å². The smallest absolute Gasteiger partial charge is 0.305 e. The van der Waals surface area contributed by atoms with Crippen LogP contribution < -0.4 is 0 Å². The standard InChI is InChI=1S/C17H24BrNO2/c1-13(14-6-8-15(18)9-7-14)19(2)17(12-16(20)21)10-4-3-5-11-17/h6-9,13H,3-5,10-12H2,1-2H3,(H,20,21). The zero-order valence-electron chi connectivity index (χ0n) is 12.8. The maximum absolute atomic E-state index is 11.3. The van der Waals surface area contributed by atoms with Crippen LogP contribution in [0.5, 0.6) is 0 Å². The third-order valence-electron chi connectivity index (χ3n) is 4.95. The van der Waals surface area contributed by atoms with E-state index in [1.807, 2.05) is 12.1 Å². The Bertz CT molecular complexity index is 480. The van der Waals surface area contributed by atoms with Gasteiger partial charge in [-0.25, -0.2) is 0 Å². The van der Waals surface area contributed by atoms with Crippen molar-refractivity contribution in [1.29, 1.82) is 0 Å². The van der Waals surface area contributed by atoms with E-state index in [1.165, 1.54) is 12.0 Å². The van der Waals surface area contributed by atoms with Crippen LogP contribution >= 0.6 is 15.9 Å². The lowest BCUT2D eigenvalue weighted by atomic mass is 9.77. The number of hydrogen-bond acceptors (Lipinski definition) is 2. The van der Waals surface area contributed by atoms with Gasteiger partial charge in [-0.2, -0.15) is 0 Å². The number of carbonyl (C=O) groups is 1. The lowest BCUT2D eigenvalue weighted by Crippen LogP contribution is -2.50. The van der Waals surface area contributed by atoms with Gasteiger partial charge in [-0.1, -0.05) is 47.3 Å². The fraction of sp³-hybridized carbons (Fsp3) is 0.588. The molecule has 1 atom stereocenters. The predicted molar refractivity (Wildman–Crippen MR) is 88.4 cm³/mol. The molecule has 1 aliphatic carbocycles. The van der Waals surface area contributed by atoms with Crippen LogP contribution in [0.2, 0.25) is 0 Å². The molecule has 4 heteroatoms. The van der Waals surface area contributed by atoms with Crippen molar-refractivity contribution in [2.45, 2.75) is 57.0 Å². The number of hydrogen-bond donors (Lipinski definition) is 1. The largest absolute Gasteiger partial charge is 0.481 e. The maximum Gasteiger partial charge on any atom is 0.305 e. The van der Waals surface area contributed by atoms with Crippen molar-refractivity contribution in [3.05, 3.63) is 34.3 Å². The molecule has 1 aromatic carbocycles. The number of halogens is 1.